The minimum atomic E-state index is -0.237. The van der Waals surface area contributed by atoms with E-state index in [0.717, 1.165) is 26.9 Å². The summed E-state index contributed by atoms with van der Waals surface area (Å²) >= 11 is 2.20. The third-order valence-electron chi connectivity index (χ3n) is 3.47. The number of halogens is 1. The molecule has 0 saturated carbocycles. The molecule has 0 atom stereocenters. The molecule has 1 amide bonds. The van der Waals surface area contributed by atoms with E-state index in [-0.39, 0.29) is 5.91 Å². The number of hydrazone groups is 1. The molecule has 6 heteroatoms. The highest BCUT2D eigenvalue weighted by Crippen LogP contribution is 2.33. The number of benzene rings is 2. The van der Waals surface area contributed by atoms with Gasteiger partial charge in [0, 0.05) is 5.56 Å². The van der Waals surface area contributed by atoms with Crippen LogP contribution in [0, 0.1) is 10.5 Å². The summed E-state index contributed by atoms with van der Waals surface area (Å²) in [5.41, 5.74) is 4.88. The van der Waals surface area contributed by atoms with Gasteiger partial charge in [-0.15, -0.1) is 0 Å². The third kappa shape index (κ3) is 5.19. The molecule has 0 spiro atoms. The van der Waals surface area contributed by atoms with Crippen LogP contribution in [0.4, 0.5) is 0 Å². The second kappa shape index (κ2) is 9.41. The first kappa shape index (κ1) is 19.2. The summed E-state index contributed by atoms with van der Waals surface area (Å²) in [5, 5.41) is 4.04. The number of hydrogen-bond acceptors (Lipinski definition) is 4. The number of carbonyl (C=O) groups excluding carboxylic acids is 1. The van der Waals surface area contributed by atoms with Crippen LogP contribution < -0.4 is 14.9 Å². The van der Waals surface area contributed by atoms with Crippen molar-refractivity contribution in [3.63, 3.8) is 0 Å². The molecule has 0 aromatic heterocycles. The highest BCUT2D eigenvalue weighted by molar-refractivity contribution is 14.1. The molecule has 0 aliphatic carbocycles. The molecule has 2 aromatic carbocycles. The molecule has 0 bridgehead atoms. The van der Waals surface area contributed by atoms with Crippen LogP contribution in [-0.4, -0.2) is 25.8 Å². The summed E-state index contributed by atoms with van der Waals surface area (Å²) < 4.78 is 12.1. The average molecular weight is 452 g/mol. The second-order valence-corrected chi connectivity index (χ2v) is 6.56. The Morgan fingerprint density at radius 2 is 2.08 bits per heavy atom. The zero-order chi connectivity index (χ0) is 18.2. The SMILES string of the molecule is CCCOc1c(I)cc(/C=N/NC(=O)c2ccccc2C)cc1OC. The lowest BCUT2D eigenvalue weighted by Crippen LogP contribution is -2.18. The molecule has 0 unspecified atom stereocenters. The van der Waals surface area contributed by atoms with E-state index in [1.165, 1.54) is 0 Å². The monoisotopic (exact) mass is 452 g/mol. The maximum atomic E-state index is 12.1. The first-order valence-electron chi connectivity index (χ1n) is 7.96. The van der Waals surface area contributed by atoms with Crippen LogP contribution in [0.3, 0.4) is 0 Å². The summed E-state index contributed by atoms with van der Waals surface area (Å²) in [6.07, 6.45) is 2.51. The van der Waals surface area contributed by atoms with Gasteiger partial charge in [0.2, 0.25) is 0 Å². The van der Waals surface area contributed by atoms with Crippen LogP contribution in [0.1, 0.15) is 34.8 Å². The number of methoxy groups -OCH3 is 1. The summed E-state index contributed by atoms with van der Waals surface area (Å²) in [7, 11) is 1.60. The number of ether oxygens (including phenoxy) is 2. The van der Waals surface area contributed by atoms with Crippen LogP contribution in [0.25, 0.3) is 0 Å². The molecule has 0 aliphatic rings. The molecule has 0 fully saturated rings. The minimum Gasteiger partial charge on any atom is -0.493 e. The summed E-state index contributed by atoms with van der Waals surface area (Å²) in [4.78, 5) is 12.1. The lowest BCUT2D eigenvalue weighted by Gasteiger charge is -2.12. The standard InChI is InChI=1S/C19H21IN2O3/c1-4-9-25-18-16(20)10-14(11-17(18)24-3)12-21-22-19(23)15-8-6-5-7-13(15)2/h5-8,10-12H,4,9H2,1-3H3,(H,22,23)/b21-12+. The zero-order valence-electron chi connectivity index (χ0n) is 14.5. The van der Waals surface area contributed by atoms with E-state index in [1.807, 2.05) is 37.3 Å². The van der Waals surface area contributed by atoms with Gasteiger partial charge in [0.25, 0.3) is 5.91 Å². The van der Waals surface area contributed by atoms with Crippen molar-refractivity contribution in [2.24, 2.45) is 5.10 Å². The number of hydrogen-bond donors (Lipinski definition) is 1. The van der Waals surface area contributed by atoms with Crippen LogP contribution >= 0.6 is 22.6 Å². The normalized spacial score (nSPS) is 10.7. The van der Waals surface area contributed by atoms with Gasteiger partial charge >= 0.3 is 0 Å². The van der Waals surface area contributed by atoms with Crippen molar-refractivity contribution in [2.75, 3.05) is 13.7 Å². The number of aryl methyl sites for hydroxylation is 1. The van der Waals surface area contributed by atoms with Crippen molar-refractivity contribution in [1.29, 1.82) is 0 Å². The van der Waals surface area contributed by atoms with Gasteiger partial charge in [-0.1, -0.05) is 25.1 Å². The largest absolute Gasteiger partial charge is 0.493 e. The molecule has 5 nitrogen and oxygen atoms in total. The van der Waals surface area contributed by atoms with Gasteiger partial charge in [-0.25, -0.2) is 5.43 Å². The summed E-state index contributed by atoms with van der Waals surface area (Å²) in [5.74, 6) is 1.14. The van der Waals surface area contributed by atoms with Gasteiger partial charge in [-0.3, -0.25) is 4.79 Å². The van der Waals surface area contributed by atoms with E-state index < -0.39 is 0 Å². The maximum absolute atomic E-state index is 12.1. The minimum absolute atomic E-state index is 0.237. The Morgan fingerprint density at radius 3 is 2.76 bits per heavy atom. The van der Waals surface area contributed by atoms with Gasteiger partial charge in [-0.2, -0.15) is 5.10 Å². The predicted octanol–water partition coefficient (Wildman–Crippen LogP) is 4.16. The third-order valence-corrected chi connectivity index (χ3v) is 4.27. The quantitative estimate of drug-likeness (QED) is 0.390. The summed E-state index contributed by atoms with van der Waals surface area (Å²) in [6.45, 7) is 4.57. The van der Waals surface area contributed by atoms with E-state index in [0.29, 0.717) is 17.9 Å². The number of amides is 1. The van der Waals surface area contributed by atoms with Crippen molar-refractivity contribution in [1.82, 2.24) is 5.43 Å². The molecule has 1 N–H and O–H groups in total. The van der Waals surface area contributed by atoms with Gasteiger partial charge < -0.3 is 9.47 Å². The van der Waals surface area contributed by atoms with Crippen molar-refractivity contribution < 1.29 is 14.3 Å². The Bertz CT molecular complexity index is 775. The Hall–Kier alpha value is -2.09. The number of nitrogens with zero attached hydrogens (tertiary/aromatic N) is 1. The first-order chi connectivity index (χ1) is 12.1. The molecule has 2 aromatic rings. The van der Waals surface area contributed by atoms with Gasteiger partial charge in [0.05, 0.1) is 23.5 Å². The fraction of sp³-hybridized carbons (Fsp3) is 0.263. The molecule has 2 rings (SSSR count). The summed E-state index contributed by atoms with van der Waals surface area (Å²) in [6, 6.07) is 11.1. The van der Waals surface area contributed by atoms with Gasteiger partial charge in [0.1, 0.15) is 0 Å². The van der Waals surface area contributed by atoms with E-state index >= 15 is 0 Å². The van der Waals surface area contributed by atoms with E-state index in [1.54, 1.807) is 19.4 Å². The smallest absolute Gasteiger partial charge is 0.271 e. The van der Waals surface area contributed by atoms with E-state index in [2.05, 4.69) is 40.0 Å². The topological polar surface area (TPSA) is 59.9 Å². The average Bonchev–Trinajstić information content (AvgIpc) is 2.60. The molecule has 0 radical (unpaired) electrons. The van der Waals surface area contributed by atoms with Gasteiger partial charge in [-0.05, 0) is 65.3 Å². The maximum Gasteiger partial charge on any atom is 0.271 e. The highest BCUT2D eigenvalue weighted by atomic mass is 127. The second-order valence-electron chi connectivity index (χ2n) is 5.40. The van der Waals surface area contributed by atoms with Crippen molar-refractivity contribution >= 4 is 34.7 Å². The molecular formula is C19H21IN2O3. The lowest BCUT2D eigenvalue weighted by molar-refractivity contribution is 0.0954. The molecule has 25 heavy (non-hydrogen) atoms. The number of nitrogens with one attached hydrogen (secondary N) is 1. The van der Waals surface area contributed by atoms with Crippen molar-refractivity contribution in [3.8, 4) is 11.5 Å². The Morgan fingerprint density at radius 1 is 1.32 bits per heavy atom. The van der Waals surface area contributed by atoms with E-state index in [9.17, 15) is 4.79 Å². The van der Waals surface area contributed by atoms with Crippen LogP contribution in [0.5, 0.6) is 11.5 Å². The van der Waals surface area contributed by atoms with Crippen molar-refractivity contribution in [3.05, 3.63) is 56.7 Å². The van der Waals surface area contributed by atoms with Gasteiger partial charge in [0.15, 0.2) is 11.5 Å². The molecule has 0 heterocycles. The van der Waals surface area contributed by atoms with Crippen LogP contribution in [0.2, 0.25) is 0 Å². The van der Waals surface area contributed by atoms with Crippen LogP contribution in [-0.2, 0) is 0 Å². The fourth-order valence-electron chi connectivity index (χ4n) is 2.21. The Labute approximate surface area is 161 Å². The lowest BCUT2D eigenvalue weighted by atomic mass is 10.1. The molecule has 132 valence electrons. The molecule has 0 saturated heterocycles. The van der Waals surface area contributed by atoms with Crippen molar-refractivity contribution in [2.45, 2.75) is 20.3 Å². The Kier molecular flexibility index (Phi) is 7.24. The molecule has 0 aliphatic heterocycles. The fourth-order valence-corrected chi connectivity index (χ4v) is 2.99. The van der Waals surface area contributed by atoms with E-state index in [4.69, 9.17) is 9.47 Å². The van der Waals surface area contributed by atoms with Crippen LogP contribution in [0.15, 0.2) is 41.5 Å². The first-order valence-corrected chi connectivity index (χ1v) is 9.04. The highest BCUT2D eigenvalue weighted by Gasteiger charge is 2.11. The number of rotatable bonds is 7. The predicted molar refractivity (Wildman–Crippen MR) is 108 cm³/mol. The molecular weight excluding hydrogens is 431 g/mol. The Balaban J connectivity index is 2.12. The number of carbonyl (C=O) groups is 1. The zero-order valence-corrected chi connectivity index (χ0v) is 16.7.